The Balaban J connectivity index is 2.94. The maximum Gasteiger partial charge on any atom is 0.326 e. The summed E-state index contributed by atoms with van der Waals surface area (Å²) in [6, 6.07) is 3.62. The zero-order chi connectivity index (χ0) is 14.2. The highest BCUT2D eigenvalue weighted by atomic mass is 35.5. The molecule has 2 aromatic rings. The van der Waals surface area contributed by atoms with Crippen LogP contribution >= 0.6 is 11.6 Å². The molecule has 1 atom stereocenters. The minimum absolute atomic E-state index is 0.261. The predicted octanol–water partition coefficient (Wildman–Crippen LogP) is 2.31. The van der Waals surface area contributed by atoms with Gasteiger partial charge in [0.25, 0.3) is 0 Å². The van der Waals surface area contributed by atoms with Crippen molar-refractivity contribution in [2.24, 2.45) is 0 Å². The van der Waals surface area contributed by atoms with Crippen LogP contribution in [0.25, 0.3) is 10.9 Å². The molecule has 6 heteroatoms. The van der Waals surface area contributed by atoms with Crippen LogP contribution in [0.1, 0.15) is 13.0 Å². The SMILES string of the molecule is COc1ccc(Cl)c2c(=O)ccn([C@@H](C)C(=O)O)c12. The lowest BCUT2D eigenvalue weighted by Crippen LogP contribution is -2.19. The van der Waals surface area contributed by atoms with Gasteiger partial charge in [-0.25, -0.2) is 4.79 Å². The monoisotopic (exact) mass is 281 g/mol. The van der Waals surface area contributed by atoms with E-state index in [1.807, 2.05) is 0 Å². The standard InChI is InChI=1S/C13H12ClNO4/c1-7(13(17)18)15-6-5-9(16)11-8(14)3-4-10(19-2)12(11)15/h3-7H,1-2H3,(H,17,18)/t7-/m0/s1. The lowest BCUT2D eigenvalue weighted by atomic mass is 10.1. The van der Waals surface area contributed by atoms with Crippen LogP contribution in [0.5, 0.6) is 5.75 Å². The van der Waals surface area contributed by atoms with Crippen molar-refractivity contribution in [1.82, 2.24) is 4.57 Å². The number of pyridine rings is 1. The molecule has 0 aliphatic rings. The predicted molar refractivity (Wildman–Crippen MR) is 72.1 cm³/mol. The summed E-state index contributed by atoms with van der Waals surface area (Å²) in [6.07, 6.45) is 1.43. The summed E-state index contributed by atoms with van der Waals surface area (Å²) in [4.78, 5) is 23.1. The summed E-state index contributed by atoms with van der Waals surface area (Å²) in [5, 5.41) is 9.66. The molecule has 19 heavy (non-hydrogen) atoms. The van der Waals surface area contributed by atoms with Crippen molar-refractivity contribution in [3.8, 4) is 5.75 Å². The van der Waals surface area contributed by atoms with Gasteiger partial charge >= 0.3 is 5.97 Å². The molecule has 1 aromatic heterocycles. The Hall–Kier alpha value is -2.01. The van der Waals surface area contributed by atoms with Crippen LogP contribution in [0.15, 0.2) is 29.2 Å². The summed E-state index contributed by atoms with van der Waals surface area (Å²) in [7, 11) is 1.45. The molecule has 0 saturated carbocycles. The van der Waals surface area contributed by atoms with Gasteiger partial charge in [0.15, 0.2) is 5.43 Å². The molecule has 2 rings (SSSR count). The van der Waals surface area contributed by atoms with E-state index in [4.69, 9.17) is 21.4 Å². The number of rotatable bonds is 3. The summed E-state index contributed by atoms with van der Waals surface area (Å²) >= 11 is 6.03. The Morgan fingerprint density at radius 3 is 2.68 bits per heavy atom. The van der Waals surface area contributed by atoms with Crippen molar-refractivity contribution in [2.45, 2.75) is 13.0 Å². The van der Waals surface area contributed by atoms with Gasteiger partial charge in [-0.3, -0.25) is 4.79 Å². The molecule has 1 heterocycles. The van der Waals surface area contributed by atoms with Crippen molar-refractivity contribution in [3.05, 3.63) is 39.6 Å². The van der Waals surface area contributed by atoms with Crippen LogP contribution in [-0.4, -0.2) is 22.8 Å². The summed E-state index contributed by atoms with van der Waals surface area (Å²) in [5.41, 5.74) is 0.116. The molecule has 100 valence electrons. The van der Waals surface area contributed by atoms with Crippen LogP contribution in [-0.2, 0) is 4.79 Å². The molecular formula is C13H12ClNO4. The molecule has 0 radical (unpaired) electrons. The van der Waals surface area contributed by atoms with E-state index in [9.17, 15) is 9.59 Å². The van der Waals surface area contributed by atoms with Crippen LogP contribution in [0.3, 0.4) is 0 Å². The Labute approximate surface area is 114 Å². The third-order valence-electron chi connectivity index (χ3n) is 2.98. The number of benzene rings is 1. The number of carboxylic acids is 1. The first kappa shape index (κ1) is 13.4. The molecule has 1 N–H and O–H groups in total. The maximum atomic E-state index is 11.9. The molecule has 0 amide bonds. The Morgan fingerprint density at radius 2 is 2.11 bits per heavy atom. The second-order valence-electron chi connectivity index (χ2n) is 4.07. The van der Waals surface area contributed by atoms with Crippen LogP contribution < -0.4 is 10.2 Å². The third-order valence-corrected chi connectivity index (χ3v) is 3.29. The van der Waals surface area contributed by atoms with Gasteiger partial charge in [-0.05, 0) is 19.1 Å². The number of carbonyl (C=O) groups is 1. The molecule has 0 fully saturated rings. The number of aromatic nitrogens is 1. The van der Waals surface area contributed by atoms with Gasteiger partial charge in [-0.1, -0.05) is 11.6 Å². The van der Waals surface area contributed by atoms with Crippen LogP contribution in [0.2, 0.25) is 5.02 Å². The fraction of sp³-hybridized carbons (Fsp3) is 0.231. The van der Waals surface area contributed by atoms with E-state index in [1.165, 1.54) is 30.9 Å². The van der Waals surface area contributed by atoms with Gasteiger partial charge in [0.2, 0.25) is 0 Å². The van der Waals surface area contributed by atoms with E-state index >= 15 is 0 Å². The fourth-order valence-corrected chi connectivity index (χ4v) is 2.20. The first-order chi connectivity index (χ1) is 8.97. The molecular weight excluding hydrogens is 270 g/mol. The number of hydrogen-bond acceptors (Lipinski definition) is 3. The number of ether oxygens (including phenoxy) is 1. The molecule has 0 bridgehead atoms. The van der Waals surface area contributed by atoms with Gasteiger partial charge in [0.05, 0.1) is 23.0 Å². The number of carboxylic acid groups (broad SMARTS) is 1. The van der Waals surface area contributed by atoms with E-state index in [0.29, 0.717) is 11.3 Å². The fourth-order valence-electron chi connectivity index (χ4n) is 1.95. The van der Waals surface area contributed by atoms with E-state index in [1.54, 1.807) is 12.1 Å². The zero-order valence-electron chi connectivity index (χ0n) is 10.4. The highest BCUT2D eigenvalue weighted by Gasteiger charge is 2.19. The lowest BCUT2D eigenvalue weighted by molar-refractivity contribution is -0.140. The Bertz CT molecular complexity index is 708. The Kier molecular flexibility index (Phi) is 3.48. The Morgan fingerprint density at radius 1 is 1.42 bits per heavy atom. The number of fused-ring (bicyclic) bond motifs is 1. The highest BCUT2D eigenvalue weighted by molar-refractivity contribution is 6.35. The minimum atomic E-state index is -1.01. The van der Waals surface area contributed by atoms with E-state index < -0.39 is 12.0 Å². The van der Waals surface area contributed by atoms with Gasteiger partial charge in [-0.15, -0.1) is 0 Å². The number of nitrogens with zero attached hydrogens (tertiary/aromatic N) is 1. The van der Waals surface area contributed by atoms with E-state index in [0.717, 1.165) is 0 Å². The average molecular weight is 282 g/mol. The smallest absolute Gasteiger partial charge is 0.326 e. The number of halogens is 1. The molecule has 0 aliphatic carbocycles. The van der Waals surface area contributed by atoms with Crippen molar-refractivity contribution < 1.29 is 14.6 Å². The average Bonchev–Trinajstić information content (AvgIpc) is 2.38. The van der Waals surface area contributed by atoms with Crippen LogP contribution in [0.4, 0.5) is 0 Å². The van der Waals surface area contributed by atoms with Gasteiger partial charge in [0, 0.05) is 12.3 Å². The van der Waals surface area contributed by atoms with Gasteiger partial charge in [0.1, 0.15) is 11.8 Å². The number of aliphatic carboxylic acids is 1. The van der Waals surface area contributed by atoms with Gasteiger partial charge in [-0.2, -0.15) is 0 Å². The van der Waals surface area contributed by atoms with Crippen molar-refractivity contribution in [1.29, 1.82) is 0 Å². The van der Waals surface area contributed by atoms with Gasteiger partial charge < -0.3 is 14.4 Å². The largest absolute Gasteiger partial charge is 0.495 e. The number of methoxy groups -OCH3 is 1. The normalized spacial score (nSPS) is 12.4. The maximum absolute atomic E-state index is 11.9. The second kappa shape index (κ2) is 4.93. The number of hydrogen-bond donors (Lipinski definition) is 1. The molecule has 0 saturated heterocycles. The first-order valence-corrected chi connectivity index (χ1v) is 5.95. The molecule has 0 aliphatic heterocycles. The van der Waals surface area contributed by atoms with Crippen molar-refractivity contribution in [3.63, 3.8) is 0 Å². The summed E-state index contributed by atoms with van der Waals surface area (Å²) in [5.74, 6) is -0.600. The second-order valence-corrected chi connectivity index (χ2v) is 4.48. The molecule has 0 unspecified atom stereocenters. The molecule has 0 spiro atoms. The summed E-state index contributed by atoms with van der Waals surface area (Å²) in [6.45, 7) is 1.52. The zero-order valence-corrected chi connectivity index (χ0v) is 11.1. The molecule has 5 nitrogen and oxygen atoms in total. The lowest BCUT2D eigenvalue weighted by Gasteiger charge is -2.17. The van der Waals surface area contributed by atoms with E-state index in [-0.39, 0.29) is 15.8 Å². The summed E-state index contributed by atoms with van der Waals surface area (Å²) < 4.78 is 6.66. The third kappa shape index (κ3) is 2.17. The van der Waals surface area contributed by atoms with E-state index in [2.05, 4.69) is 0 Å². The van der Waals surface area contributed by atoms with Crippen molar-refractivity contribution >= 4 is 28.5 Å². The quantitative estimate of drug-likeness (QED) is 0.937. The van der Waals surface area contributed by atoms with Crippen LogP contribution in [0, 0.1) is 0 Å². The highest BCUT2D eigenvalue weighted by Crippen LogP contribution is 2.30. The minimum Gasteiger partial charge on any atom is -0.495 e. The first-order valence-electron chi connectivity index (χ1n) is 5.57. The van der Waals surface area contributed by atoms with Crippen molar-refractivity contribution in [2.75, 3.05) is 7.11 Å². The molecule has 1 aromatic carbocycles. The topological polar surface area (TPSA) is 68.5 Å².